The average molecular weight is 388 g/mol. The van der Waals surface area contributed by atoms with Gasteiger partial charge >= 0.3 is 5.97 Å². The van der Waals surface area contributed by atoms with Gasteiger partial charge < -0.3 is 4.74 Å². The van der Waals surface area contributed by atoms with E-state index in [0.717, 1.165) is 11.3 Å². The largest absolute Gasteiger partial charge is 0.468 e. The van der Waals surface area contributed by atoms with Gasteiger partial charge in [0, 0.05) is 10.6 Å². The van der Waals surface area contributed by atoms with Gasteiger partial charge in [0.05, 0.1) is 18.6 Å². The van der Waals surface area contributed by atoms with Crippen molar-refractivity contribution in [1.82, 2.24) is 14.8 Å². The molecule has 0 spiro atoms. The van der Waals surface area contributed by atoms with Crippen LogP contribution in [0, 0.1) is 13.8 Å². The van der Waals surface area contributed by atoms with Gasteiger partial charge in [-0.15, -0.1) is 10.2 Å². The predicted octanol–water partition coefficient (Wildman–Crippen LogP) is 4.47. The van der Waals surface area contributed by atoms with Gasteiger partial charge in [0.15, 0.2) is 11.0 Å². The number of hydrogen-bond donors (Lipinski definition) is 0. The van der Waals surface area contributed by atoms with E-state index in [2.05, 4.69) is 36.2 Å². The number of hydrogen-bond acceptors (Lipinski definition) is 5. The van der Waals surface area contributed by atoms with Crippen molar-refractivity contribution >= 4 is 29.3 Å². The van der Waals surface area contributed by atoms with Crippen molar-refractivity contribution < 1.29 is 9.53 Å². The van der Waals surface area contributed by atoms with E-state index < -0.39 is 0 Å². The lowest BCUT2D eigenvalue weighted by atomic mass is 10.1. The second-order valence-electron chi connectivity index (χ2n) is 5.78. The number of thioether (sulfide) groups is 1. The van der Waals surface area contributed by atoms with Crippen molar-refractivity contribution in [1.29, 1.82) is 0 Å². The number of rotatable bonds is 5. The van der Waals surface area contributed by atoms with E-state index in [0.29, 0.717) is 16.0 Å². The Labute approximate surface area is 161 Å². The number of carbonyl (C=O) groups excluding carboxylic acids is 1. The lowest BCUT2D eigenvalue weighted by molar-refractivity contribution is -0.137. The minimum absolute atomic E-state index is 0.167. The highest BCUT2D eigenvalue weighted by Gasteiger charge is 2.17. The molecule has 0 unspecified atom stereocenters. The average Bonchev–Trinajstić information content (AvgIpc) is 3.06. The topological polar surface area (TPSA) is 57.0 Å². The van der Waals surface area contributed by atoms with Crippen LogP contribution in [0.25, 0.3) is 17.1 Å². The number of esters is 1. The summed E-state index contributed by atoms with van der Waals surface area (Å²) in [7, 11) is 1.37. The van der Waals surface area contributed by atoms with E-state index in [1.807, 2.05) is 34.9 Å². The third-order valence-corrected chi connectivity index (χ3v) is 5.19. The van der Waals surface area contributed by atoms with Crippen LogP contribution in [0.3, 0.4) is 0 Å². The van der Waals surface area contributed by atoms with Crippen molar-refractivity contribution in [3.8, 4) is 17.1 Å². The lowest BCUT2D eigenvalue weighted by Crippen LogP contribution is -2.06. The SMILES string of the molecule is COC(=O)CSc1nnc(-c2ccc(Cl)cc2)n1-c1ccc(C)c(C)c1. The molecule has 2 aromatic carbocycles. The zero-order valence-electron chi connectivity index (χ0n) is 14.7. The fourth-order valence-corrected chi connectivity index (χ4v) is 3.34. The Morgan fingerprint density at radius 1 is 1.12 bits per heavy atom. The van der Waals surface area contributed by atoms with Crippen molar-refractivity contribution in [3.05, 3.63) is 58.6 Å². The smallest absolute Gasteiger partial charge is 0.316 e. The molecule has 0 saturated carbocycles. The monoisotopic (exact) mass is 387 g/mol. The first-order valence-electron chi connectivity index (χ1n) is 7.98. The van der Waals surface area contributed by atoms with Gasteiger partial charge in [-0.2, -0.15) is 0 Å². The molecule has 5 nitrogen and oxygen atoms in total. The highest BCUT2D eigenvalue weighted by atomic mass is 35.5. The van der Waals surface area contributed by atoms with Crippen LogP contribution in [0.4, 0.5) is 0 Å². The first-order valence-corrected chi connectivity index (χ1v) is 9.34. The van der Waals surface area contributed by atoms with Gasteiger partial charge in [-0.3, -0.25) is 9.36 Å². The maximum atomic E-state index is 11.5. The summed E-state index contributed by atoms with van der Waals surface area (Å²) in [5, 5.41) is 9.92. The van der Waals surface area contributed by atoms with Crippen molar-refractivity contribution in [2.45, 2.75) is 19.0 Å². The molecule has 0 aliphatic rings. The van der Waals surface area contributed by atoms with Crippen LogP contribution in [-0.4, -0.2) is 33.6 Å². The summed E-state index contributed by atoms with van der Waals surface area (Å²) in [6.07, 6.45) is 0. The van der Waals surface area contributed by atoms with Gasteiger partial charge in [-0.05, 0) is 61.4 Å². The van der Waals surface area contributed by atoms with Crippen molar-refractivity contribution in [2.75, 3.05) is 12.9 Å². The number of ether oxygens (including phenoxy) is 1. The number of nitrogens with zero attached hydrogens (tertiary/aromatic N) is 3. The number of methoxy groups -OCH3 is 1. The van der Waals surface area contributed by atoms with Crippen LogP contribution in [0.5, 0.6) is 0 Å². The van der Waals surface area contributed by atoms with E-state index >= 15 is 0 Å². The second kappa shape index (κ2) is 7.93. The molecule has 0 bridgehead atoms. The summed E-state index contributed by atoms with van der Waals surface area (Å²) in [6.45, 7) is 4.13. The third-order valence-electron chi connectivity index (χ3n) is 4.03. The maximum absolute atomic E-state index is 11.5. The molecule has 0 atom stereocenters. The van der Waals surface area contributed by atoms with Gasteiger partial charge in [0.25, 0.3) is 0 Å². The molecular weight excluding hydrogens is 370 g/mol. The Bertz CT molecular complexity index is 938. The zero-order chi connectivity index (χ0) is 18.7. The fourth-order valence-electron chi connectivity index (χ4n) is 2.43. The third kappa shape index (κ3) is 3.92. The molecule has 3 aromatic rings. The molecule has 0 aliphatic heterocycles. The van der Waals surface area contributed by atoms with E-state index in [4.69, 9.17) is 16.3 Å². The number of aromatic nitrogens is 3. The Morgan fingerprint density at radius 2 is 1.85 bits per heavy atom. The van der Waals surface area contributed by atoms with Gasteiger partial charge in [-0.1, -0.05) is 29.4 Å². The summed E-state index contributed by atoms with van der Waals surface area (Å²) < 4.78 is 6.67. The summed E-state index contributed by atoms with van der Waals surface area (Å²) in [5.41, 5.74) is 4.21. The second-order valence-corrected chi connectivity index (χ2v) is 7.16. The Hall–Kier alpha value is -2.31. The van der Waals surface area contributed by atoms with Crippen LogP contribution in [-0.2, 0) is 9.53 Å². The van der Waals surface area contributed by atoms with Crippen LogP contribution in [0.15, 0.2) is 47.6 Å². The molecule has 1 heterocycles. The standard InChI is InChI=1S/C19H18ClN3O2S/c1-12-4-9-16(10-13(12)2)23-18(14-5-7-15(20)8-6-14)21-22-19(23)26-11-17(24)25-3/h4-10H,11H2,1-3H3. The Morgan fingerprint density at radius 3 is 2.50 bits per heavy atom. The minimum atomic E-state index is -0.308. The van der Waals surface area contributed by atoms with Crippen LogP contribution in [0.2, 0.25) is 5.02 Å². The summed E-state index contributed by atoms with van der Waals surface area (Å²) in [6, 6.07) is 13.6. The minimum Gasteiger partial charge on any atom is -0.468 e. The molecule has 0 amide bonds. The first-order chi connectivity index (χ1) is 12.5. The first kappa shape index (κ1) is 18.5. The van der Waals surface area contributed by atoms with Crippen molar-refractivity contribution in [2.24, 2.45) is 0 Å². The van der Waals surface area contributed by atoms with Crippen LogP contribution in [0.1, 0.15) is 11.1 Å². The number of carbonyl (C=O) groups is 1. The molecule has 7 heteroatoms. The molecular formula is C19H18ClN3O2S. The molecule has 0 radical (unpaired) electrons. The molecule has 1 aromatic heterocycles. The number of aryl methyl sites for hydroxylation is 2. The van der Waals surface area contributed by atoms with E-state index in [1.165, 1.54) is 30.0 Å². The Balaban J connectivity index is 2.09. The summed E-state index contributed by atoms with van der Waals surface area (Å²) in [4.78, 5) is 11.5. The van der Waals surface area contributed by atoms with E-state index in [1.54, 1.807) is 0 Å². The normalized spacial score (nSPS) is 10.8. The van der Waals surface area contributed by atoms with Crippen LogP contribution >= 0.6 is 23.4 Å². The predicted molar refractivity (Wildman–Crippen MR) is 104 cm³/mol. The molecule has 3 rings (SSSR count). The van der Waals surface area contributed by atoms with E-state index in [9.17, 15) is 4.79 Å². The number of benzene rings is 2. The van der Waals surface area contributed by atoms with Gasteiger partial charge in [0.2, 0.25) is 0 Å². The fraction of sp³-hybridized carbons (Fsp3) is 0.211. The summed E-state index contributed by atoms with van der Waals surface area (Å²) >= 11 is 7.29. The molecule has 26 heavy (non-hydrogen) atoms. The molecule has 0 aliphatic carbocycles. The quantitative estimate of drug-likeness (QED) is 0.477. The Kier molecular flexibility index (Phi) is 5.64. The maximum Gasteiger partial charge on any atom is 0.316 e. The van der Waals surface area contributed by atoms with E-state index in [-0.39, 0.29) is 11.7 Å². The van der Waals surface area contributed by atoms with Crippen molar-refractivity contribution in [3.63, 3.8) is 0 Å². The molecule has 0 saturated heterocycles. The molecule has 134 valence electrons. The number of halogens is 1. The molecule has 0 N–H and O–H groups in total. The molecule has 0 fully saturated rings. The van der Waals surface area contributed by atoms with Gasteiger partial charge in [0.1, 0.15) is 0 Å². The highest BCUT2D eigenvalue weighted by molar-refractivity contribution is 7.99. The zero-order valence-corrected chi connectivity index (χ0v) is 16.3. The lowest BCUT2D eigenvalue weighted by Gasteiger charge is -2.12. The highest BCUT2D eigenvalue weighted by Crippen LogP contribution is 2.29. The van der Waals surface area contributed by atoms with Crippen LogP contribution < -0.4 is 0 Å². The summed E-state index contributed by atoms with van der Waals surface area (Å²) in [5.74, 6) is 0.551. The van der Waals surface area contributed by atoms with Gasteiger partial charge in [-0.25, -0.2) is 0 Å².